The van der Waals surface area contributed by atoms with Gasteiger partial charge in [-0.25, -0.2) is 4.79 Å². The molecule has 1 saturated heterocycles. The third-order valence-corrected chi connectivity index (χ3v) is 3.87. The molecule has 0 bridgehead atoms. The summed E-state index contributed by atoms with van der Waals surface area (Å²) in [6.45, 7) is 0.854. The largest absolute Gasteiger partial charge is 0.480 e. The van der Waals surface area contributed by atoms with Gasteiger partial charge < -0.3 is 21.5 Å². The molecule has 0 aliphatic carbocycles. The minimum Gasteiger partial charge on any atom is -0.480 e. The normalized spacial score (nSPS) is 20.5. The highest BCUT2D eigenvalue weighted by atomic mass is 32.2. The average Bonchev–Trinajstić information content (AvgIpc) is 2.35. The van der Waals surface area contributed by atoms with E-state index in [1.807, 2.05) is 0 Å². The molecule has 1 fully saturated rings. The monoisotopic (exact) mass is 289 g/mol. The Labute approximate surface area is 115 Å². The van der Waals surface area contributed by atoms with E-state index in [9.17, 15) is 14.4 Å². The van der Waals surface area contributed by atoms with Crippen LogP contribution in [0.5, 0.6) is 0 Å². The Morgan fingerprint density at radius 1 is 1.47 bits per heavy atom. The van der Waals surface area contributed by atoms with Gasteiger partial charge in [0.2, 0.25) is 11.8 Å². The number of carboxylic acids is 1. The molecule has 2 amide bonds. The van der Waals surface area contributed by atoms with Crippen molar-refractivity contribution in [1.82, 2.24) is 10.6 Å². The molecule has 0 aromatic rings. The van der Waals surface area contributed by atoms with E-state index >= 15 is 0 Å². The van der Waals surface area contributed by atoms with Crippen molar-refractivity contribution in [1.29, 1.82) is 0 Å². The van der Waals surface area contributed by atoms with E-state index in [4.69, 9.17) is 10.8 Å². The molecule has 1 rings (SSSR count). The first-order valence-corrected chi connectivity index (χ1v) is 7.26. The number of thioether (sulfide) groups is 1. The van der Waals surface area contributed by atoms with Crippen molar-refractivity contribution in [3.8, 4) is 0 Å². The first kappa shape index (κ1) is 15.8. The van der Waals surface area contributed by atoms with Gasteiger partial charge in [0.25, 0.3) is 0 Å². The van der Waals surface area contributed by atoms with Crippen LogP contribution in [0.25, 0.3) is 0 Å². The van der Waals surface area contributed by atoms with Crippen LogP contribution in [0.15, 0.2) is 0 Å². The maximum Gasteiger partial charge on any atom is 0.326 e. The van der Waals surface area contributed by atoms with Gasteiger partial charge in [-0.1, -0.05) is 0 Å². The summed E-state index contributed by atoms with van der Waals surface area (Å²) in [5.74, 6) is -0.190. The molecule has 1 aliphatic rings. The van der Waals surface area contributed by atoms with Crippen LogP contribution in [-0.2, 0) is 14.4 Å². The van der Waals surface area contributed by atoms with Crippen LogP contribution in [0.2, 0.25) is 0 Å². The number of primary amides is 1. The van der Waals surface area contributed by atoms with Gasteiger partial charge in [0.1, 0.15) is 6.04 Å². The van der Waals surface area contributed by atoms with Crippen LogP contribution in [-0.4, -0.2) is 53.0 Å². The van der Waals surface area contributed by atoms with Gasteiger partial charge in [0.15, 0.2) is 0 Å². The summed E-state index contributed by atoms with van der Waals surface area (Å²) < 4.78 is 0. The van der Waals surface area contributed by atoms with Gasteiger partial charge in [-0.05, 0) is 6.42 Å². The number of carbonyl (C=O) groups excluding carboxylic acids is 2. The number of nitrogens with two attached hydrogens (primary N) is 1. The predicted octanol–water partition coefficient (Wildman–Crippen LogP) is -1.08. The zero-order valence-electron chi connectivity index (χ0n) is 10.6. The highest BCUT2D eigenvalue weighted by Gasteiger charge is 2.23. The second-order valence-electron chi connectivity index (χ2n) is 4.39. The van der Waals surface area contributed by atoms with Crippen molar-refractivity contribution >= 4 is 29.5 Å². The Morgan fingerprint density at radius 3 is 2.74 bits per heavy atom. The first-order chi connectivity index (χ1) is 8.99. The van der Waals surface area contributed by atoms with Gasteiger partial charge in [-0.15, -0.1) is 0 Å². The van der Waals surface area contributed by atoms with Crippen LogP contribution < -0.4 is 16.4 Å². The Morgan fingerprint density at radius 2 is 2.21 bits per heavy atom. The van der Waals surface area contributed by atoms with E-state index in [0.717, 1.165) is 18.1 Å². The van der Waals surface area contributed by atoms with Gasteiger partial charge in [-0.3, -0.25) is 9.59 Å². The third kappa shape index (κ3) is 6.44. The summed E-state index contributed by atoms with van der Waals surface area (Å²) in [5, 5.41) is 14.6. The van der Waals surface area contributed by atoms with Crippen LogP contribution in [0.1, 0.15) is 19.3 Å². The third-order valence-electron chi connectivity index (χ3n) is 2.74. The van der Waals surface area contributed by atoms with Crippen molar-refractivity contribution in [3.05, 3.63) is 0 Å². The lowest BCUT2D eigenvalue weighted by atomic mass is 10.1. The number of carbonyl (C=O) groups is 3. The van der Waals surface area contributed by atoms with Crippen molar-refractivity contribution in [2.24, 2.45) is 5.73 Å². The average molecular weight is 289 g/mol. The fraction of sp³-hybridized carbons (Fsp3) is 0.727. The Hall–Kier alpha value is -1.28. The van der Waals surface area contributed by atoms with Crippen LogP contribution in [0.4, 0.5) is 0 Å². The summed E-state index contributed by atoms with van der Waals surface area (Å²) in [4.78, 5) is 33.3. The number of nitrogens with one attached hydrogen (secondary N) is 2. The van der Waals surface area contributed by atoms with Gasteiger partial charge in [-0.2, -0.15) is 11.8 Å². The summed E-state index contributed by atoms with van der Waals surface area (Å²) in [6, 6.07) is -0.986. The molecule has 108 valence electrons. The molecule has 8 heteroatoms. The number of rotatable bonds is 7. The number of hydrogen-bond donors (Lipinski definition) is 4. The first-order valence-electron chi connectivity index (χ1n) is 6.10. The van der Waals surface area contributed by atoms with E-state index in [0.29, 0.717) is 0 Å². The molecule has 0 aromatic carbocycles. The molecule has 0 radical (unpaired) electrons. The van der Waals surface area contributed by atoms with Crippen molar-refractivity contribution in [3.63, 3.8) is 0 Å². The number of hydrogen-bond acceptors (Lipinski definition) is 5. The standard InChI is InChI=1S/C11H19N3O4S/c12-9(15)2-1-8(11(17)18)14-10(16)5-7-6-19-4-3-13-7/h7-8,13H,1-6H2,(H2,12,15)(H,14,16)(H,17,18)/t7?,8-/m0/s1. The summed E-state index contributed by atoms with van der Waals surface area (Å²) in [7, 11) is 0. The summed E-state index contributed by atoms with van der Waals surface area (Å²) >= 11 is 1.76. The van der Waals surface area contributed by atoms with Crippen LogP contribution >= 0.6 is 11.8 Å². The molecule has 2 atom stereocenters. The number of amides is 2. The fourth-order valence-electron chi connectivity index (χ4n) is 1.77. The highest BCUT2D eigenvalue weighted by Crippen LogP contribution is 2.10. The lowest BCUT2D eigenvalue weighted by Crippen LogP contribution is -2.46. The summed E-state index contributed by atoms with van der Waals surface area (Å²) in [6.07, 6.45) is 0.200. The van der Waals surface area contributed by atoms with Gasteiger partial charge in [0.05, 0.1) is 0 Å². The molecule has 0 aromatic heterocycles. The SMILES string of the molecule is NC(=O)CC[C@H](NC(=O)CC1CSCCN1)C(=O)O. The Kier molecular flexibility index (Phi) is 6.65. The molecule has 0 saturated carbocycles. The minimum absolute atomic E-state index is 0.0171. The number of carboxylic acid groups (broad SMARTS) is 1. The second kappa shape index (κ2) is 8.00. The van der Waals surface area contributed by atoms with Crippen LogP contribution in [0, 0.1) is 0 Å². The molecule has 1 unspecified atom stereocenters. The molecule has 1 aliphatic heterocycles. The van der Waals surface area contributed by atoms with E-state index in [2.05, 4.69) is 10.6 Å². The maximum atomic E-state index is 11.7. The maximum absolute atomic E-state index is 11.7. The molecule has 5 N–H and O–H groups in total. The van der Waals surface area contributed by atoms with Crippen molar-refractivity contribution in [2.75, 3.05) is 18.1 Å². The molecule has 1 heterocycles. The van der Waals surface area contributed by atoms with E-state index in [1.54, 1.807) is 11.8 Å². The zero-order chi connectivity index (χ0) is 14.3. The number of aliphatic carboxylic acids is 1. The van der Waals surface area contributed by atoms with E-state index < -0.39 is 17.9 Å². The molecule has 0 spiro atoms. The minimum atomic E-state index is -1.15. The summed E-state index contributed by atoms with van der Waals surface area (Å²) in [5.41, 5.74) is 4.96. The lowest BCUT2D eigenvalue weighted by Gasteiger charge is -2.23. The second-order valence-corrected chi connectivity index (χ2v) is 5.54. The molecular formula is C11H19N3O4S. The van der Waals surface area contributed by atoms with Crippen LogP contribution in [0.3, 0.4) is 0 Å². The quantitative estimate of drug-likeness (QED) is 0.473. The van der Waals surface area contributed by atoms with Crippen molar-refractivity contribution in [2.45, 2.75) is 31.3 Å². The van der Waals surface area contributed by atoms with Crippen molar-refractivity contribution < 1.29 is 19.5 Å². The smallest absolute Gasteiger partial charge is 0.326 e. The predicted molar refractivity (Wildman–Crippen MR) is 71.7 cm³/mol. The Balaban J connectivity index is 2.37. The Bertz CT molecular complexity index is 345. The molecular weight excluding hydrogens is 270 g/mol. The van der Waals surface area contributed by atoms with Gasteiger partial charge in [0, 0.05) is 36.9 Å². The van der Waals surface area contributed by atoms with E-state index in [-0.39, 0.29) is 31.2 Å². The van der Waals surface area contributed by atoms with Gasteiger partial charge >= 0.3 is 5.97 Å². The highest BCUT2D eigenvalue weighted by molar-refractivity contribution is 7.99. The zero-order valence-corrected chi connectivity index (χ0v) is 11.4. The topological polar surface area (TPSA) is 122 Å². The molecule has 19 heavy (non-hydrogen) atoms. The molecule has 7 nitrogen and oxygen atoms in total. The lowest BCUT2D eigenvalue weighted by molar-refractivity contribution is -0.142. The van der Waals surface area contributed by atoms with E-state index in [1.165, 1.54) is 0 Å². The fourth-order valence-corrected chi connectivity index (χ4v) is 2.72.